The summed E-state index contributed by atoms with van der Waals surface area (Å²) < 4.78 is 0. The maximum Gasteiger partial charge on any atom is 0.234 e. The summed E-state index contributed by atoms with van der Waals surface area (Å²) in [5, 5.41) is 0.0856. The molecular formula is C6H11ClN2O. The number of alkyl halides is 1. The Morgan fingerprint density at radius 2 is 2.40 bits per heavy atom. The number of primary amides is 1. The van der Waals surface area contributed by atoms with Gasteiger partial charge in [-0.2, -0.15) is 0 Å². The smallest absolute Gasteiger partial charge is 0.234 e. The lowest BCUT2D eigenvalue weighted by molar-refractivity contribution is -0.121. The number of carbonyl (C=O) groups is 1. The summed E-state index contributed by atoms with van der Waals surface area (Å²) in [7, 11) is 1.86. The van der Waals surface area contributed by atoms with Gasteiger partial charge in [0.2, 0.25) is 5.91 Å². The van der Waals surface area contributed by atoms with Crippen molar-refractivity contribution < 1.29 is 4.79 Å². The van der Waals surface area contributed by atoms with Crippen molar-refractivity contribution in [2.45, 2.75) is 17.8 Å². The van der Waals surface area contributed by atoms with Crippen LogP contribution >= 0.6 is 11.6 Å². The van der Waals surface area contributed by atoms with Crippen LogP contribution in [0.15, 0.2) is 0 Å². The average molecular weight is 163 g/mol. The minimum absolute atomic E-state index is 0.0856. The normalized spacial score (nSPS) is 34.6. The summed E-state index contributed by atoms with van der Waals surface area (Å²) in [5.74, 6) is -0.273. The maximum atomic E-state index is 10.7. The van der Waals surface area contributed by atoms with Gasteiger partial charge in [0.25, 0.3) is 0 Å². The molecule has 0 unspecified atom stereocenters. The molecular weight excluding hydrogens is 152 g/mol. The highest BCUT2D eigenvalue weighted by atomic mass is 35.5. The van der Waals surface area contributed by atoms with E-state index in [1.54, 1.807) is 0 Å². The van der Waals surface area contributed by atoms with Crippen LogP contribution in [-0.4, -0.2) is 35.8 Å². The molecule has 0 saturated carbocycles. The Morgan fingerprint density at radius 3 is 2.60 bits per heavy atom. The summed E-state index contributed by atoms with van der Waals surface area (Å²) in [6.07, 6.45) is 0.688. The molecule has 2 N–H and O–H groups in total. The number of amides is 1. The average Bonchev–Trinajstić information content (AvgIpc) is 2.10. The Balaban J connectivity index is 2.54. The van der Waals surface area contributed by atoms with Crippen LogP contribution in [0.4, 0.5) is 0 Å². The van der Waals surface area contributed by atoms with Crippen molar-refractivity contribution in [2.24, 2.45) is 5.73 Å². The van der Waals surface area contributed by atoms with Gasteiger partial charge in [-0.15, -0.1) is 11.6 Å². The number of carbonyl (C=O) groups excluding carboxylic acids is 1. The minimum Gasteiger partial charge on any atom is -0.368 e. The van der Waals surface area contributed by atoms with Crippen LogP contribution in [-0.2, 0) is 4.79 Å². The van der Waals surface area contributed by atoms with Gasteiger partial charge in [-0.3, -0.25) is 9.69 Å². The number of likely N-dealkylation sites (tertiary alicyclic amines) is 1. The molecule has 10 heavy (non-hydrogen) atoms. The van der Waals surface area contributed by atoms with Gasteiger partial charge in [0.05, 0.1) is 6.04 Å². The molecule has 0 aromatic rings. The van der Waals surface area contributed by atoms with E-state index in [1.165, 1.54) is 0 Å². The zero-order chi connectivity index (χ0) is 7.72. The third-order valence-electron chi connectivity index (χ3n) is 1.83. The summed E-state index contributed by atoms with van der Waals surface area (Å²) >= 11 is 5.80. The van der Waals surface area contributed by atoms with Crippen LogP contribution < -0.4 is 5.73 Å². The van der Waals surface area contributed by atoms with Gasteiger partial charge >= 0.3 is 0 Å². The number of likely N-dealkylation sites (N-methyl/N-ethyl adjacent to an activating group) is 1. The van der Waals surface area contributed by atoms with Crippen molar-refractivity contribution in [3.63, 3.8) is 0 Å². The summed E-state index contributed by atoms with van der Waals surface area (Å²) in [5.41, 5.74) is 5.11. The van der Waals surface area contributed by atoms with Crippen molar-refractivity contribution in [3.8, 4) is 0 Å². The highest BCUT2D eigenvalue weighted by Crippen LogP contribution is 2.19. The van der Waals surface area contributed by atoms with Crippen LogP contribution in [0.25, 0.3) is 0 Å². The number of nitrogens with zero attached hydrogens (tertiary/aromatic N) is 1. The number of hydrogen-bond acceptors (Lipinski definition) is 2. The van der Waals surface area contributed by atoms with E-state index in [4.69, 9.17) is 17.3 Å². The highest BCUT2D eigenvalue weighted by Gasteiger charge is 2.31. The van der Waals surface area contributed by atoms with Crippen molar-refractivity contribution in [1.29, 1.82) is 0 Å². The molecule has 1 aliphatic heterocycles. The van der Waals surface area contributed by atoms with Crippen LogP contribution in [0.5, 0.6) is 0 Å². The van der Waals surface area contributed by atoms with Gasteiger partial charge in [-0.25, -0.2) is 0 Å². The molecule has 58 valence electrons. The monoisotopic (exact) mass is 162 g/mol. The SMILES string of the molecule is CN1C[C@@H](Cl)C[C@H]1C(N)=O. The number of rotatable bonds is 1. The number of hydrogen-bond donors (Lipinski definition) is 1. The second-order valence-corrected chi connectivity index (χ2v) is 3.31. The molecule has 0 spiro atoms. The van der Waals surface area contributed by atoms with E-state index in [1.807, 2.05) is 11.9 Å². The second-order valence-electron chi connectivity index (χ2n) is 2.69. The molecule has 0 radical (unpaired) electrons. The first kappa shape index (κ1) is 7.82. The zero-order valence-electron chi connectivity index (χ0n) is 5.88. The van der Waals surface area contributed by atoms with Gasteiger partial charge in [-0.05, 0) is 13.5 Å². The molecule has 1 saturated heterocycles. The van der Waals surface area contributed by atoms with Crippen LogP contribution in [0.1, 0.15) is 6.42 Å². The van der Waals surface area contributed by atoms with Crippen molar-refractivity contribution >= 4 is 17.5 Å². The zero-order valence-corrected chi connectivity index (χ0v) is 6.64. The molecule has 0 aliphatic carbocycles. The number of nitrogens with two attached hydrogens (primary N) is 1. The Kier molecular flexibility index (Phi) is 2.16. The van der Waals surface area contributed by atoms with Crippen molar-refractivity contribution in [3.05, 3.63) is 0 Å². The van der Waals surface area contributed by atoms with Gasteiger partial charge in [-0.1, -0.05) is 0 Å². The van der Waals surface area contributed by atoms with E-state index in [2.05, 4.69) is 0 Å². The van der Waals surface area contributed by atoms with E-state index in [0.29, 0.717) is 6.42 Å². The quantitative estimate of drug-likeness (QED) is 0.542. The molecule has 4 heteroatoms. The minimum atomic E-state index is -0.273. The standard InChI is InChI=1S/C6H11ClN2O/c1-9-3-4(7)2-5(9)6(8)10/h4-5H,2-3H2,1H3,(H2,8,10)/t4-,5-/m0/s1. The molecule has 1 aliphatic rings. The molecule has 1 rings (SSSR count). The maximum absolute atomic E-state index is 10.7. The topological polar surface area (TPSA) is 46.3 Å². The molecule has 0 bridgehead atoms. The van der Waals surface area contributed by atoms with E-state index in [-0.39, 0.29) is 17.3 Å². The lowest BCUT2D eigenvalue weighted by Crippen LogP contribution is -2.37. The molecule has 1 amide bonds. The molecule has 3 nitrogen and oxygen atoms in total. The Bertz CT molecular complexity index is 151. The highest BCUT2D eigenvalue weighted by molar-refractivity contribution is 6.21. The van der Waals surface area contributed by atoms with Gasteiger partial charge in [0.15, 0.2) is 0 Å². The fourth-order valence-corrected chi connectivity index (χ4v) is 1.66. The summed E-state index contributed by atoms with van der Waals surface area (Å²) in [6, 6.07) is -0.150. The third-order valence-corrected chi connectivity index (χ3v) is 2.14. The lowest BCUT2D eigenvalue weighted by atomic mass is 10.2. The molecule has 1 heterocycles. The molecule has 0 aromatic heterocycles. The van der Waals surface area contributed by atoms with Crippen LogP contribution in [0.2, 0.25) is 0 Å². The predicted molar refractivity (Wildman–Crippen MR) is 39.9 cm³/mol. The van der Waals surface area contributed by atoms with Gasteiger partial charge in [0, 0.05) is 11.9 Å². The van der Waals surface area contributed by atoms with Crippen LogP contribution in [0, 0.1) is 0 Å². The third kappa shape index (κ3) is 1.41. The predicted octanol–water partition coefficient (Wildman–Crippen LogP) is -0.217. The van der Waals surface area contributed by atoms with E-state index in [0.717, 1.165) is 6.54 Å². The Morgan fingerprint density at radius 1 is 1.80 bits per heavy atom. The van der Waals surface area contributed by atoms with Crippen LogP contribution in [0.3, 0.4) is 0 Å². The van der Waals surface area contributed by atoms with Crippen molar-refractivity contribution in [1.82, 2.24) is 4.90 Å². The Labute approximate surface area is 65.1 Å². The van der Waals surface area contributed by atoms with E-state index >= 15 is 0 Å². The fraction of sp³-hybridized carbons (Fsp3) is 0.833. The van der Waals surface area contributed by atoms with E-state index in [9.17, 15) is 4.79 Å². The molecule has 1 fully saturated rings. The fourth-order valence-electron chi connectivity index (χ4n) is 1.27. The summed E-state index contributed by atoms with van der Waals surface area (Å²) in [4.78, 5) is 12.6. The van der Waals surface area contributed by atoms with E-state index < -0.39 is 0 Å². The Hall–Kier alpha value is -0.280. The number of halogens is 1. The summed E-state index contributed by atoms with van der Waals surface area (Å²) in [6.45, 7) is 0.759. The molecule has 2 atom stereocenters. The van der Waals surface area contributed by atoms with Crippen molar-refractivity contribution in [2.75, 3.05) is 13.6 Å². The lowest BCUT2D eigenvalue weighted by Gasteiger charge is -2.14. The largest absolute Gasteiger partial charge is 0.368 e. The second kappa shape index (κ2) is 2.76. The van der Waals surface area contributed by atoms with Gasteiger partial charge in [0.1, 0.15) is 0 Å². The first-order chi connectivity index (χ1) is 4.61. The first-order valence-electron chi connectivity index (χ1n) is 3.25. The first-order valence-corrected chi connectivity index (χ1v) is 3.68. The van der Waals surface area contributed by atoms with Gasteiger partial charge < -0.3 is 5.73 Å². The molecule has 0 aromatic carbocycles.